The highest BCUT2D eigenvalue weighted by Gasteiger charge is 2.23. The Kier molecular flexibility index (Phi) is 6.27. The van der Waals surface area contributed by atoms with Crippen LogP contribution >= 0.6 is 31.9 Å². The molecule has 0 N–H and O–H groups in total. The number of alkyl halides is 2. The van der Waals surface area contributed by atoms with E-state index >= 15 is 0 Å². The fraction of sp³-hybridized carbons (Fsp3) is 0.875. The van der Waals surface area contributed by atoms with Gasteiger partial charge >= 0.3 is 0 Å². The average molecular weight is 283 g/mol. The molecule has 0 rings (SSSR count). The third-order valence-corrected chi connectivity index (χ3v) is 4.15. The van der Waals surface area contributed by atoms with Crippen molar-refractivity contribution < 1.29 is 0 Å². The molecule has 1 atom stereocenters. The van der Waals surface area contributed by atoms with Gasteiger partial charge in [0, 0.05) is 5.33 Å². The van der Waals surface area contributed by atoms with Gasteiger partial charge in [0.05, 0.1) is 6.07 Å². The molecule has 11 heavy (non-hydrogen) atoms. The van der Waals surface area contributed by atoms with Crippen LogP contribution in [0.1, 0.15) is 32.6 Å². The molecule has 3 heteroatoms. The summed E-state index contributed by atoms with van der Waals surface area (Å²) in [5.74, 6) is 0. The molecular formula is C8H13Br2N. The van der Waals surface area contributed by atoms with Crippen molar-refractivity contribution in [2.45, 2.75) is 36.9 Å². The minimum Gasteiger partial charge on any atom is -0.197 e. The monoisotopic (exact) mass is 281 g/mol. The van der Waals surface area contributed by atoms with Gasteiger partial charge in [0.2, 0.25) is 0 Å². The van der Waals surface area contributed by atoms with E-state index in [2.05, 4.69) is 44.9 Å². The fourth-order valence-corrected chi connectivity index (χ4v) is 1.49. The maximum absolute atomic E-state index is 8.76. The molecule has 0 aliphatic heterocycles. The second-order valence-corrected chi connectivity index (χ2v) is 4.75. The summed E-state index contributed by atoms with van der Waals surface area (Å²) >= 11 is 6.72. The van der Waals surface area contributed by atoms with Crippen LogP contribution in [0, 0.1) is 11.3 Å². The van der Waals surface area contributed by atoms with Crippen molar-refractivity contribution in [3.8, 4) is 6.07 Å². The molecule has 0 saturated carbocycles. The summed E-state index contributed by atoms with van der Waals surface area (Å²) in [6.45, 7) is 2.16. The van der Waals surface area contributed by atoms with Crippen LogP contribution in [0.2, 0.25) is 0 Å². The molecule has 0 radical (unpaired) electrons. The molecule has 64 valence electrons. The van der Waals surface area contributed by atoms with Gasteiger partial charge in [0.25, 0.3) is 0 Å². The van der Waals surface area contributed by atoms with Crippen molar-refractivity contribution in [1.82, 2.24) is 0 Å². The molecule has 0 aliphatic rings. The molecular weight excluding hydrogens is 270 g/mol. The number of hydrogen-bond acceptors (Lipinski definition) is 1. The molecule has 0 aromatic carbocycles. The Balaban J connectivity index is 3.63. The van der Waals surface area contributed by atoms with Crippen LogP contribution in [0.4, 0.5) is 0 Å². The number of nitrogens with zero attached hydrogens (tertiary/aromatic N) is 1. The SMILES string of the molecule is CCCCCC(Br)(C#N)CBr. The van der Waals surface area contributed by atoms with Crippen molar-refractivity contribution in [1.29, 1.82) is 5.26 Å². The van der Waals surface area contributed by atoms with Gasteiger partial charge in [-0.05, 0) is 6.42 Å². The maximum atomic E-state index is 8.76. The lowest BCUT2D eigenvalue weighted by atomic mass is 10.1. The Morgan fingerprint density at radius 2 is 2.09 bits per heavy atom. The normalized spacial score (nSPS) is 15.5. The Morgan fingerprint density at radius 1 is 1.45 bits per heavy atom. The first-order valence-electron chi connectivity index (χ1n) is 3.84. The number of halogens is 2. The van der Waals surface area contributed by atoms with E-state index in [0.29, 0.717) is 5.33 Å². The van der Waals surface area contributed by atoms with E-state index in [1.165, 1.54) is 12.8 Å². The fourth-order valence-electron chi connectivity index (χ4n) is 0.808. The summed E-state index contributed by atoms with van der Waals surface area (Å²) in [6.07, 6.45) is 4.47. The molecule has 0 saturated heterocycles. The van der Waals surface area contributed by atoms with E-state index in [4.69, 9.17) is 5.26 Å². The average Bonchev–Trinajstić information content (AvgIpc) is 2.05. The third-order valence-electron chi connectivity index (χ3n) is 1.59. The third kappa shape index (κ3) is 4.81. The maximum Gasteiger partial charge on any atom is 0.122 e. The summed E-state index contributed by atoms with van der Waals surface area (Å²) < 4.78 is -0.331. The van der Waals surface area contributed by atoms with Crippen molar-refractivity contribution in [2.24, 2.45) is 0 Å². The molecule has 0 spiro atoms. The minimum absolute atomic E-state index is 0.331. The van der Waals surface area contributed by atoms with Crippen molar-refractivity contribution in [3.63, 3.8) is 0 Å². The first-order chi connectivity index (χ1) is 5.18. The zero-order chi connectivity index (χ0) is 8.74. The molecule has 0 fully saturated rings. The summed E-state index contributed by atoms with van der Waals surface area (Å²) in [5, 5.41) is 9.47. The second kappa shape index (κ2) is 6.02. The molecule has 0 aliphatic carbocycles. The number of rotatable bonds is 5. The lowest BCUT2D eigenvalue weighted by Gasteiger charge is -2.14. The van der Waals surface area contributed by atoms with Gasteiger partial charge in [-0.25, -0.2) is 0 Å². The molecule has 0 heterocycles. The molecule has 0 amide bonds. The highest BCUT2D eigenvalue weighted by Crippen LogP contribution is 2.26. The number of unbranched alkanes of at least 4 members (excludes halogenated alkanes) is 2. The lowest BCUT2D eigenvalue weighted by Crippen LogP contribution is -2.19. The van der Waals surface area contributed by atoms with Crippen molar-refractivity contribution in [2.75, 3.05) is 5.33 Å². The predicted molar refractivity (Wildman–Crippen MR) is 55.2 cm³/mol. The summed E-state index contributed by atoms with van der Waals surface area (Å²) in [6, 6.07) is 2.26. The smallest absolute Gasteiger partial charge is 0.122 e. The second-order valence-electron chi connectivity index (χ2n) is 2.67. The van der Waals surface area contributed by atoms with Crippen LogP contribution < -0.4 is 0 Å². The van der Waals surface area contributed by atoms with Crippen LogP contribution in [0.25, 0.3) is 0 Å². The van der Waals surface area contributed by atoms with E-state index in [0.717, 1.165) is 12.8 Å². The van der Waals surface area contributed by atoms with E-state index in [1.807, 2.05) is 0 Å². The molecule has 0 aromatic heterocycles. The van der Waals surface area contributed by atoms with Gasteiger partial charge in [-0.1, -0.05) is 58.0 Å². The van der Waals surface area contributed by atoms with Gasteiger partial charge in [0.1, 0.15) is 4.32 Å². The summed E-state index contributed by atoms with van der Waals surface area (Å²) in [5.41, 5.74) is 0. The molecule has 1 nitrogen and oxygen atoms in total. The van der Waals surface area contributed by atoms with Crippen molar-refractivity contribution in [3.05, 3.63) is 0 Å². The Morgan fingerprint density at radius 3 is 2.45 bits per heavy atom. The largest absolute Gasteiger partial charge is 0.197 e. The molecule has 1 unspecified atom stereocenters. The van der Waals surface area contributed by atoms with E-state index in [1.54, 1.807) is 0 Å². The van der Waals surface area contributed by atoms with Gasteiger partial charge in [-0.3, -0.25) is 0 Å². The minimum atomic E-state index is -0.331. The van der Waals surface area contributed by atoms with Gasteiger partial charge in [-0.2, -0.15) is 5.26 Å². The van der Waals surface area contributed by atoms with Crippen molar-refractivity contribution >= 4 is 31.9 Å². The summed E-state index contributed by atoms with van der Waals surface area (Å²) in [7, 11) is 0. The molecule has 0 bridgehead atoms. The summed E-state index contributed by atoms with van der Waals surface area (Å²) in [4.78, 5) is 0. The highest BCUT2D eigenvalue weighted by molar-refractivity contribution is 9.12. The first-order valence-corrected chi connectivity index (χ1v) is 5.76. The Bertz CT molecular complexity index is 142. The Hall–Kier alpha value is 0.450. The predicted octanol–water partition coefficient (Wildman–Crippen LogP) is 3.62. The van der Waals surface area contributed by atoms with Crippen LogP contribution in [-0.2, 0) is 0 Å². The van der Waals surface area contributed by atoms with E-state index in [-0.39, 0.29) is 4.32 Å². The number of nitriles is 1. The topological polar surface area (TPSA) is 23.8 Å². The quantitative estimate of drug-likeness (QED) is 0.558. The first kappa shape index (κ1) is 11.4. The zero-order valence-corrected chi connectivity index (χ0v) is 9.91. The van der Waals surface area contributed by atoms with Crippen LogP contribution in [0.3, 0.4) is 0 Å². The van der Waals surface area contributed by atoms with E-state index in [9.17, 15) is 0 Å². The highest BCUT2D eigenvalue weighted by atomic mass is 79.9. The standard InChI is InChI=1S/C8H13Br2N/c1-2-3-4-5-8(10,6-9)7-11/h2-6H2,1H3. The van der Waals surface area contributed by atoms with Crippen LogP contribution in [0.15, 0.2) is 0 Å². The van der Waals surface area contributed by atoms with Gasteiger partial charge in [-0.15, -0.1) is 0 Å². The zero-order valence-electron chi connectivity index (χ0n) is 6.74. The number of hydrogen-bond donors (Lipinski definition) is 0. The van der Waals surface area contributed by atoms with Gasteiger partial charge in [0.15, 0.2) is 0 Å². The van der Waals surface area contributed by atoms with E-state index < -0.39 is 0 Å². The Labute approximate surface area is 85.4 Å². The van der Waals surface area contributed by atoms with Crippen LogP contribution in [-0.4, -0.2) is 9.65 Å². The lowest BCUT2D eigenvalue weighted by molar-refractivity contribution is 0.627. The van der Waals surface area contributed by atoms with Crippen LogP contribution in [0.5, 0.6) is 0 Å². The van der Waals surface area contributed by atoms with Gasteiger partial charge < -0.3 is 0 Å². The molecule has 0 aromatic rings.